The van der Waals surface area contributed by atoms with Gasteiger partial charge in [0.25, 0.3) is 0 Å². The lowest BCUT2D eigenvalue weighted by molar-refractivity contribution is -0.386. The second-order valence-corrected chi connectivity index (χ2v) is 4.89. The Morgan fingerprint density at radius 2 is 2.15 bits per heavy atom. The maximum absolute atomic E-state index is 11.9. The predicted octanol–water partition coefficient (Wildman–Crippen LogP) is 0.703. The smallest absolute Gasteiger partial charge is 0.312 e. The minimum atomic E-state index is -0.468. The highest BCUT2D eigenvalue weighted by Crippen LogP contribution is 2.21. The van der Waals surface area contributed by atoms with Crippen molar-refractivity contribution in [1.29, 1.82) is 0 Å². The summed E-state index contributed by atoms with van der Waals surface area (Å²) in [5.74, 6) is -0.183. The molecule has 20 heavy (non-hydrogen) atoms. The molecule has 1 fully saturated rings. The van der Waals surface area contributed by atoms with E-state index in [4.69, 9.17) is 4.74 Å². The third-order valence-corrected chi connectivity index (χ3v) is 3.41. The van der Waals surface area contributed by atoms with E-state index in [1.54, 1.807) is 13.8 Å². The fraction of sp³-hybridized carbons (Fsp3) is 0.667. The van der Waals surface area contributed by atoms with Crippen LogP contribution in [0.4, 0.5) is 5.69 Å². The number of carbonyl (C=O) groups is 1. The molecule has 2 heterocycles. The molecule has 0 radical (unpaired) electrons. The van der Waals surface area contributed by atoms with E-state index in [1.807, 2.05) is 0 Å². The van der Waals surface area contributed by atoms with Crippen molar-refractivity contribution in [2.24, 2.45) is 0 Å². The lowest BCUT2D eigenvalue weighted by atomic mass is 10.1. The van der Waals surface area contributed by atoms with Crippen LogP contribution in [0, 0.1) is 24.0 Å². The van der Waals surface area contributed by atoms with Gasteiger partial charge in [-0.15, -0.1) is 0 Å². The molecule has 0 aliphatic carbocycles. The van der Waals surface area contributed by atoms with Crippen molar-refractivity contribution in [1.82, 2.24) is 15.1 Å². The van der Waals surface area contributed by atoms with Crippen LogP contribution in [0.25, 0.3) is 0 Å². The number of nitrogens with zero attached hydrogens (tertiary/aromatic N) is 3. The highest BCUT2D eigenvalue weighted by molar-refractivity contribution is 5.76. The standard InChI is InChI=1S/C12H18N4O4/c1-8-12(16(18)19)9(2)15(14-8)7-11(17)13-10-3-5-20-6-4-10/h10H,3-7H2,1-2H3,(H,13,17). The van der Waals surface area contributed by atoms with E-state index in [0.717, 1.165) is 12.8 Å². The number of rotatable bonds is 4. The number of nitro groups is 1. The van der Waals surface area contributed by atoms with E-state index in [-0.39, 0.29) is 24.2 Å². The first kappa shape index (κ1) is 14.4. The van der Waals surface area contributed by atoms with Crippen LogP contribution in [0.1, 0.15) is 24.2 Å². The van der Waals surface area contributed by atoms with Gasteiger partial charge in [-0.05, 0) is 26.7 Å². The van der Waals surface area contributed by atoms with Crippen LogP contribution in [-0.4, -0.2) is 39.9 Å². The average Bonchev–Trinajstić information content (AvgIpc) is 2.65. The zero-order chi connectivity index (χ0) is 14.7. The summed E-state index contributed by atoms with van der Waals surface area (Å²) < 4.78 is 6.60. The fourth-order valence-electron chi connectivity index (χ4n) is 2.36. The van der Waals surface area contributed by atoms with Crippen LogP contribution < -0.4 is 5.32 Å². The van der Waals surface area contributed by atoms with Gasteiger partial charge in [0.1, 0.15) is 17.9 Å². The van der Waals surface area contributed by atoms with Crippen molar-refractivity contribution in [3.05, 3.63) is 21.5 Å². The van der Waals surface area contributed by atoms with Gasteiger partial charge in [-0.25, -0.2) is 0 Å². The molecule has 0 saturated carbocycles. The summed E-state index contributed by atoms with van der Waals surface area (Å²) in [5.41, 5.74) is 0.699. The van der Waals surface area contributed by atoms with E-state index < -0.39 is 4.92 Å². The first-order chi connectivity index (χ1) is 9.49. The Labute approximate surface area is 116 Å². The number of amides is 1. The third-order valence-electron chi connectivity index (χ3n) is 3.41. The number of hydrogen-bond donors (Lipinski definition) is 1. The van der Waals surface area contributed by atoms with E-state index in [2.05, 4.69) is 10.4 Å². The van der Waals surface area contributed by atoms with Gasteiger partial charge in [-0.3, -0.25) is 19.6 Å². The normalized spacial score (nSPS) is 16.1. The first-order valence-corrected chi connectivity index (χ1v) is 6.54. The van der Waals surface area contributed by atoms with Crippen molar-refractivity contribution in [3.63, 3.8) is 0 Å². The Kier molecular flexibility index (Phi) is 4.33. The van der Waals surface area contributed by atoms with E-state index in [9.17, 15) is 14.9 Å². The van der Waals surface area contributed by atoms with Gasteiger partial charge in [0.15, 0.2) is 0 Å². The van der Waals surface area contributed by atoms with Crippen LogP contribution in [0.2, 0.25) is 0 Å². The molecular formula is C12H18N4O4. The molecule has 1 aliphatic heterocycles. The van der Waals surface area contributed by atoms with Gasteiger partial charge >= 0.3 is 5.69 Å². The van der Waals surface area contributed by atoms with Gasteiger partial charge < -0.3 is 10.1 Å². The molecule has 1 amide bonds. The molecule has 1 aliphatic rings. The molecule has 1 aromatic heterocycles. The van der Waals surface area contributed by atoms with Crippen LogP contribution in [0.3, 0.4) is 0 Å². The molecule has 8 heteroatoms. The summed E-state index contributed by atoms with van der Waals surface area (Å²) in [6.07, 6.45) is 1.59. The Bertz CT molecular complexity index is 520. The van der Waals surface area contributed by atoms with Gasteiger partial charge in [0, 0.05) is 19.3 Å². The highest BCUT2D eigenvalue weighted by atomic mass is 16.6. The molecule has 1 N–H and O–H groups in total. The number of carbonyl (C=O) groups excluding carboxylic acids is 1. The van der Waals surface area contributed by atoms with E-state index >= 15 is 0 Å². The Morgan fingerprint density at radius 1 is 1.50 bits per heavy atom. The second kappa shape index (κ2) is 6.00. The van der Waals surface area contributed by atoms with Crippen LogP contribution in [0.5, 0.6) is 0 Å². The topological polar surface area (TPSA) is 99.3 Å². The largest absolute Gasteiger partial charge is 0.381 e. The van der Waals surface area contributed by atoms with Gasteiger partial charge in [0.05, 0.1) is 4.92 Å². The van der Waals surface area contributed by atoms with Gasteiger partial charge in [-0.2, -0.15) is 5.10 Å². The Balaban J connectivity index is 2.00. The molecule has 0 unspecified atom stereocenters. The van der Waals surface area contributed by atoms with Crippen molar-refractivity contribution < 1.29 is 14.5 Å². The summed E-state index contributed by atoms with van der Waals surface area (Å²) in [7, 11) is 0. The maximum atomic E-state index is 11.9. The lowest BCUT2D eigenvalue weighted by Gasteiger charge is -2.23. The van der Waals surface area contributed by atoms with Crippen LogP contribution in [-0.2, 0) is 16.1 Å². The van der Waals surface area contributed by atoms with E-state index in [1.165, 1.54) is 4.68 Å². The number of aryl methyl sites for hydroxylation is 1. The quantitative estimate of drug-likeness (QED) is 0.647. The summed E-state index contributed by atoms with van der Waals surface area (Å²) in [4.78, 5) is 22.4. The maximum Gasteiger partial charge on any atom is 0.312 e. The zero-order valence-electron chi connectivity index (χ0n) is 11.6. The molecule has 0 spiro atoms. The van der Waals surface area contributed by atoms with E-state index in [0.29, 0.717) is 24.6 Å². The zero-order valence-corrected chi connectivity index (χ0v) is 11.6. The molecule has 0 aromatic carbocycles. The number of nitrogens with one attached hydrogen (secondary N) is 1. The molecule has 2 rings (SSSR count). The number of ether oxygens (including phenoxy) is 1. The average molecular weight is 282 g/mol. The monoisotopic (exact) mass is 282 g/mol. The van der Waals surface area contributed by atoms with Crippen molar-refractivity contribution in [3.8, 4) is 0 Å². The molecule has 110 valence electrons. The van der Waals surface area contributed by atoms with Crippen molar-refractivity contribution >= 4 is 11.6 Å². The number of hydrogen-bond acceptors (Lipinski definition) is 5. The van der Waals surface area contributed by atoms with Gasteiger partial charge in [0.2, 0.25) is 5.91 Å². The molecule has 8 nitrogen and oxygen atoms in total. The first-order valence-electron chi connectivity index (χ1n) is 6.54. The van der Waals surface area contributed by atoms with Crippen molar-refractivity contribution in [2.75, 3.05) is 13.2 Å². The minimum Gasteiger partial charge on any atom is -0.381 e. The second-order valence-electron chi connectivity index (χ2n) is 4.89. The highest BCUT2D eigenvalue weighted by Gasteiger charge is 2.23. The van der Waals surface area contributed by atoms with Crippen LogP contribution in [0.15, 0.2) is 0 Å². The predicted molar refractivity (Wildman–Crippen MR) is 70.3 cm³/mol. The summed E-state index contributed by atoms with van der Waals surface area (Å²) in [6.45, 7) is 4.46. The lowest BCUT2D eigenvalue weighted by Crippen LogP contribution is -2.40. The molecular weight excluding hydrogens is 264 g/mol. The summed E-state index contributed by atoms with van der Waals surface area (Å²) >= 11 is 0. The molecule has 0 bridgehead atoms. The third kappa shape index (κ3) is 3.13. The summed E-state index contributed by atoms with van der Waals surface area (Å²) in [5, 5.41) is 17.9. The molecule has 1 aromatic rings. The molecule has 1 saturated heterocycles. The Morgan fingerprint density at radius 3 is 2.70 bits per heavy atom. The minimum absolute atomic E-state index is 0.00211. The van der Waals surface area contributed by atoms with Crippen molar-refractivity contribution in [2.45, 2.75) is 39.3 Å². The number of aromatic nitrogens is 2. The summed E-state index contributed by atoms with van der Waals surface area (Å²) in [6, 6.07) is 0.114. The molecule has 0 atom stereocenters. The SMILES string of the molecule is Cc1nn(CC(=O)NC2CCOCC2)c(C)c1[N+](=O)[O-]. The van der Waals surface area contributed by atoms with Gasteiger partial charge in [-0.1, -0.05) is 0 Å². The Hall–Kier alpha value is -1.96. The fourth-order valence-corrected chi connectivity index (χ4v) is 2.36. The van der Waals surface area contributed by atoms with Crippen LogP contribution >= 0.6 is 0 Å².